The molecule has 4 nitrogen and oxygen atoms in total. The summed E-state index contributed by atoms with van der Waals surface area (Å²) < 4.78 is 7.33. The maximum absolute atomic E-state index is 5.38. The minimum atomic E-state index is 0.779. The van der Waals surface area contributed by atoms with Crippen molar-refractivity contribution < 1.29 is 4.74 Å². The first kappa shape index (κ1) is 11.4. The maximum atomic E-state index is 5.38. The Kier molecular flexibility index (Phi) is 4.13. The Bertz CT molecular complexity index is 357. The second kappa shape index (κ2) is 5.82. The van der Waals surface area contributed by atoms with Crippen molar-refractivity contribution in [3.05, 3.63) is 29.6 Å². The summed E-state index contributed by atoms with van der Waals surface area (Å²) in [7, 11) is 0. The first-order chi connectivity index (χ1) is 7.88. The van der Waals surface area contributed by atoms with Crippen LogP contribution in [0.2, 0.25) is 0 Å². The molecule has 0 atom stereocenters. The average Bonchev–Trinajstić information content (AvgIpc) is 2.78. The highest BCUT2D eigenvalue weighted by molar-refractivity contribution is 5.08. The zero-order chi connectivity index (χ0) is 11.2. The monoisotopic (exact) mass is 221 g/mol. The van der Waals surface area contributed by atoms with Crippen LogP contribution in [0.4, 0.5) is 0 Å². The van der Waals surface area contributed by atoms with Crippen LogP contribution in [-0.2, 0) is 17.8 Å². The third kappa shape index (κ3) is 3.18. The van der Waals surface area contributed by atoms with Gasteiger partial charge in [-0.05, 0) is 18.9 Å². The van der Waals surface area contributed by atoms with Crippen molar-refractivity contribution in [2.24, 2.45) is 0 Å². The number of aryl methyl sites for hydroxylation is 1. The van der Waals surface area contributed by atoms with Crippen LogP contribution in [0.5, 0.6) is 0 Å². The molecule has 0 bridgehead atoms. The zero-order valence-corrected chi connectivity index (χ0v) is 9.78. The first-order valence-electron chi connectivity index (χ1n) is 5.86. The molecule has 0 radical (unpaired) electrons. The van der Waals surface area contributed by atoms with E-state index in [9.17, 15) is 0 Å². The van der Waals surface area contributed by atoms with Crippen molar-refractivity contribution in [3.8, 4) is 0 Å². The van der Waals surface area contributed by atoms with E-state index in [1.54, 1.807) is 0 Å². The Hall–Kier alpha value is -1.13. The van der Waals surface area contributed by atoms with Gasteiger partial charge in [0.05, 0.1) is 19.4 Å². The Labute approximate surface area is 96.3 Å². The van der Waals surface area contributed by atoms with E-state index >= 15 is 0 Å². The zero-order valence-electron chi connectivity index (χ0n) is 9.78. The van der Waals surface area contributed by atoms with Gasteiger partial charge in [-0.1, -0.05) is 6.08 Å². The molecule has 2 heterocycles. The van der Waals surface area contributed by atoms with E-state index in [-0.39, 0.29) is 0 Å². The van der Waals surface area contributed by atoms with Gasteiger partial charge in [0.15, 0.2) is 0 Å². The van der Waals surface area contributed by atoms with E-state index in [1.807, 2.05) is 10.9 Å². The van der Waals surface area contributed by atoms with E-state index < -0.39 is 0 Å². The van der Waals surface area contributed by atoms with Crippen molar-refractivity contribution in [1.82, 2.24) is 15.1 Å². The second-order valence-corrected chi connectivity index (χ2v) is 4.01. The molecule has 4 heteroatoms. The van der Waals surface area contributed by atoms with E-state index in [4.69, 9.17) is 4.74 Å². The number of ether oxygens (including phenoxy) is 1. The lowest BCUT2D eigenvalue weighted by Crippen LogP contribution is -2.20. The van der Waals surface area contributed by atoms with E-state index in [1.165, 1.54) is 11.1 Å². The average molecular weight is 221 g/mol. The number of aromatic nitrogens is 2. The molecule has 2 rings (SSSR count). The number of hydrogen-bond acceptors (Lipinski definition) is 3. The fourth-order valence-corrected chi connectivity index (χ4v) is 1.77. The van der Waals surface area contributed by atoms with E-state index in [2.05, 4.69) is 29.6 Å². The van der Waals surface area contributed by atoms with Crippen molar-refractivity contribution in [2.45, 2.75) is 26.4 Å². The fraction of sp³-hybridized carbons (Fsp3) is 0.583. The number of hydrogen-bond donors (Lipinski definition) is 1. The van der Waals surface area contributed by atoms with Gasteiger partial charge in [0.1, 0.15) is 0 Å². The van der Waals surface area contributed by atoms with Gasteiger partial charge < -0.3 is 10.1 Å². The highest BCUT2D eigenvalue weighted by Crippen LogP contribution is 2.04. The van der Waals surface area contributed by atoms with Crippen LogP contribution in [0.25, 0.3) is 0 Å². The molecule has 1 aromatic rings. The summed E-state index contributed by atoms with van der Waals surface area (Å²) in [5, 5.41) is 7.64. The first-order valence-corrected chi connectivity index (χ1v) is 5.86. The van der Waals surface area contributed by atoms with Gasteiger partial charge in [-0.25, -0.2) is 0 Å². The van der Waals surface area contributed by atoms with Crippen molar-refractivity contribution in [3.63, 3.8) is 0 Å². The molecule has 0 spiro atoms. The van der Waals surface area contributed by atoms with Gasteiger partial charge in [-0.2, -0.15) is 5.10 Å². The molecule has 0 aliphatic carbocycles. The van der Waals surface area contributed by atoms with Crippen LogP contribution < -0.4 is 5.32 Å². The van der Waals surface area contributed by atoms with Gasteiger partial charge in [0.2, 0.25) is 0 Å². The van der Waals surface area contributed by atoms with Crippen LogP contribution in [0.1, 0.15) is 18.9 Å². The highest BCUT2D eigenvalue weighted by atomic mass is 16.5. The molecule has 1 aliphatic rings. The molecular weight excluding hydrogens is 202 g/mol. The third-order valence-electron chi connectivity index (χ3n) is 2.67. The Morgan fingerprint density at radius 1 is 1.50 bits per heavy atom. The Morgan fingerprint density at radius 3 is 3.12 bits per heavy atom. The summed E-state index contributed by atoms with van der Waals surface area (Å²) >= 11 is 0. The summed E-state index contributed by atoms with van der Waals surface area (Å²) in [5.41, 5.74) is 2.59. The molecule has 0 saturated heterocycles. The van der Waals surface area contributed by atoms with Crippen LogP contribution >= 0.6 is 0 Å². The standard InChI is InChI=1S/C12H19N3O/c1-2-15-9-12(8-14-15)7-13-6-11-4-3-5-16-10-11/h4,8-9,13H,2-3,5-7,10H2,1H3. The smallest absolute Gasteiger partial charge is 0.0689 e. The van der Waals surface area contributed by atoms with Gasteiger partial charge in [-0.15, -0.1) is 0 Å². The Morgan fingerprint density at radius 2 is 2.44 bits per heavy atom. The minimum Gasteiger partial charge on any atom is -0.377 e. The molecule has 0 unspecified atom stereocenters. The second-order valence-electron chi connectivity index (χ2n) is 4.01. The predicted octanol–water partition coefficient (Wildman–Crippen LogP) is 1.34. The van der Waals surface area contributed by atoms with Crippen LogP contribution in [0.3, 0.4) is 0 Å². The molecule has 1 N–H and O–H groups in total. The van der Waals surface area contributed by atoms with Crippen molar-refractivity contribution in [2.75, 3.05) is 19.8 Å². The predicted molar refractivity (Wildman–Crippen MR) is 63.1 cm³/mol. The third-order valence-corrected chi connectivity index (χ3v) is 2.67. The molecule has 1 aliphatic heterocycles. The minimum absolute atomic E-state index is 0.779. The lowest BCUT2D eigenvalue weighted by molar-refractivity contribution is 0.149. The summed E-state index contributed by atoms with van der Waals surface area (Å²) in [6.45, 7) is 6.45. The van der Waals surface area contributed by atoms with Crippen molar-refractivity contribution in [1.29, 1.82) is 0 Å². The van der Waals surface area contributed by atoms with E-state index in [0.29, 0.717) is 0 Å². The number of rotatable bonds is 5. The topological polar surface area (TPSA) is 39.1 Å². The van der Waals surface area contributed by atoms with Crippen LogP contribution in [0.15, 0.2) is 24.0 Å². The SMILES string of the molecule is CCn1cc(CNCC2=CCCOC2)cn1. The molecule has 0 fully saturated rings. The van der Waals surface area contributed by atoms with E-state index in [0.717, 1.165) is 39.3 Å². The lowest BCUT2D eigenvalue weighted by atomic mass is 10.2. The molecule has 1 aromatic heterocycles. The van der Waals surface area contributed by atoms with Gasteiger partial charge in [0, 0.05) is 31.4 Å². The Balaban J connectivity index is 1.73. The van der Waals surface area contributed by atoms with Gasteiger partial charge in [0.25, 0.3) is 0 Å². The fourth-order valence-electron chi connectivity index (χ4n) is 1.77. The molecule has 0 saturated carbocycles. The molecule has 16 heavy (non-hydrogen) atoms. The normalized spacial score (nSPS) is 16.2. The molecule has 0 aromatic carbocycles. The summed E-state index contributed by atoms with van der Waals surface area (Å²) in [6.07, 6.45) is 7.32. The quantitative estimate of drug-likeness (QED) is 0.763. The summed E-state index contributed by atoms with van der Waals surface area (Å²) in [4.78, 5) is 0. The molecular formula is C12H19N3O. The summed E-state index contributed by atoms with van der Waals surface area (Å²) in [6, 6.07) is 0. The van der Waals surface area contributed by atoms with Crippen LogP contribution in [0, 0.1) is 0 Å². The number of nitrogens with zero attached hydrogens (tertiary/aromatic N) is 2. The maximum Gasteiger partial charge on any atom is 0.0689 e. The number of nitrogens with one attached hydrogen (secondary N) is 1. The van der Waals surface area contributed by atoms with Crippen LogP contribution in [-0.4, -0.2) is 29.5 Å². The highest BCUT2D eigenvalue weighted by Gasteiger charge is 2.03. The van der Waals surface area contributed by atoms with Crippen molar-refractivity contribution >= 4 is 0 Å². The molecule has 88 valence electrons. The summed E-state index contributed by atoms with van der Waals surface area (Å²) in [5.74, 6) is 0. The molecule has 0 amide bonds. The largest absolute Gasteiger partial charge is 0.377 e. The van der Waals surface area contributed by atoms with Gasteiger partial charge >= 0.3 is 0 Å². The van der Waals surface area contributed by atoms with Gasteiger partial charge in [-0.3, -0.25) is 4.68 Å². The lowest BCUT2D eigenvalue weighted by Gasteiger charge is -2.13.